The SMILES string of the molecule is CCC[S+](CC)CC. The molecule has 0 spiro atoms. The van der Waals surface area contributed by atoms with Crippen LogP contribution >= 0.6 is 0 Å². The van der Waals surface area contributed by atoms with Gasteiger partial charge < -0.3 is 0 Å². The van der Waals surface area contributed by atoms with E-state index in [4.69, 9.17) is 0 Å². The maximum absolute atomic E-state index is 2.29. The van der Waals surface area contributed by atoms with E-state index < -0.39 is 0 Å². The lowest BCUT2D eigenvalue weighted by molar-refractivity contribution is 1.09. The van der Waals surface area contributed by atoms with E-state index in [1.807, 2.05) is 0 Å². The van der Waals surface area contributed by atoms with Crippen LogP contribution in [-0.2, 0) is 10.9 Å². The average Bonchev–Trinajstić information content (AvgIpc) is 1.83. The molecule has 0 fully saturated rings. The molecule has 8 heavy (non-hydrogen) atoms. The van der Waals surface area contributed by atoms with Gasteiger partial charge in [0.1, 0.15) is 17.3 Å². The standard InChI is InChI=1S/C7H17S/c1-4-7-8(5-2)6-3/h4-7H2,1-3H3/q+1. The van der Waals surface area contributed by atoms with Crippen molar-refractivity contribution in [3.63, 3.8) is 0 Å². The lowest BCUT2D eigenvalue weighted by Gasteiger charge is -1.99. The Hall–Kier alpha value is 0.350. The van der Waals surface area contributed by atoms with E-state index in [0.29, 0.717) is 0 Å². The molecule has 0 aliphatic carbocycles. The molecule has 0 aromatic heterocycles. The largest absolute Gasteiger partial charge is 0.107 e. The summed E-state index contributed by atoms with van der Waals surface area (Å²) in [6.07, 6.45) is 1.37. The maximum Gasteiger partial charge on any atom is 0.107 e. The van der Waals surface area contributed by atoms with Crippen LogP contribution in [-0.4, -0.2) is 17.3 Å². The summed E-state index contributed by atoms with van der Waals surface area (Å²) in [6, 6.07) is 0. The van der Waals surface area contributed by atoms with Gasteiger partial charge in [-0.05, 0) is 31.2 Å². The Bertz CT molecular complexity index is 39.7. The van der Waals surface area contributed by atoms with E-state index in [-0.39, 0.29) is 0 Å². The van der Waals surface area contributed by atoms with Crippen LogP contribution in [0.4, 0.5) is 0 Å². The Kier molecular flexibility index (Phi) is 5.73. The van der Waals surface area contributed by atoms with Gasteiger partial charge >= 0.3 is 0 Å². The zero-order valence-corrected chi connectivity index (χ0v) is 7.05. The lowest BCUT2D eigenvalue weighted by atomic mass is 10.6. The van der Waals surface area contributed by atoms with E-state index in [9.17, 15) is 0 Å². The van der Waals surface area contributed by atoms with Gasteiger partial charge in [-0.25, -0.2) is 0 Å². The van der Waals surface area contributed by atoms with Crippen LogP contribution in [0.15, 0.2) is 0 Å². The second-order valence-electron chi connectivity index (χ2n) is 1.89. The molecule has 0 bridgehead atoms. The normalized spacial score (nSPS) is 10.5. The molecule has 0 amide bonds. The van der Waals surface area contributed by atoms with Gasteiger partial charge in [-0.2, -0.15) is 0 Å². The molecular weight excluding hydrogens is 116 g/mol. The van der Waals surface area contributed by atoms with Gasteiger partial charge in [0.25, 0.3) is 0 Å². The van der Waals surface area contributed by atoms with Gasteiger partial charge in [-0.15, -0.1) is 0 Å². The Morgan fingerprint density at radius 2 is 1.50 bits per heavy atom. The highest BCUT2D eigenvalue weighted by Gasteiger charge is 2.08. The van der Waals surface area contributed by atoms with Crippen molar-refractivity contribution in [3.8, 4) is 0 Å². The zero-order valence-electron chi connectivity index (χ0n) is 6.24. The fourth-order valence-corrected chi connectivity index (χ4v) is 2.34. The van der Waals surface area contributed by atoms with Crippen LogP contribution in [0.25, 0.3) is 0 Å². The van der Waals surface area contributed by atoms with Crippen molar-refractivity contribution in [2.24, 2.45) is 0 Å². The second-order valence-corrected chi connectivity index (χ2v) is 4.68. The lowest BCUT2D eigenvalue weighted by Crippen LogP contribution is -2.11. The average molecular weight is 133 g/mol. The minimum atomic E-state index is 0.762. The fourth-order valence-electron chi connectivity index (χ4n) is 0.781. The van der Waals surface area contributed by atoms with Crippen LogP contribution in [0.1, 0.15) is 27.2 Å². The van der Waals surface area contributed by atoms with Gasteiger partial charge in [-0.1, -0.05) is 6.92 Å². The molecule has 0 atom stereocenters. The Labute approximate surface area is 56.0 Å². The third-order valence-electron chi connectivity index (χ3n) is 1.31. The molecule has 0 unspecified atom stereocenters. The molecule has 0 aromatic rings. The van der Waals surface area contributed by atoms with Crippen molar-refractivity contribution in [3.05, 3.63) is 0 Å². The van der Waals surface area contributed by atoms with Gasteiger partial charge in [0.15, 0.2) is 0 Å². The van der Waals surface area contributed by atoms with Crippen LogP contribution in [0, 0.1) is 0 Å². The summed E-state index contributed by atoms with van der Waals surface area (Å²) in [4.78, 5) is 0. The first-order valence-electron chi connectivity index (χ1n) is 3.49. The molecule has 0 rings (SSSR count). The highest BCUT2D eigenvalue weighted by Crippen LogP contribution is 1.97. The smallest absolute Gasteiger partial charge is 0.0609 e. The Morgan fingerprint density at radius 3 is 1.62 bits per heavy atom. The van der Waals surface area contributed by atoms with Crippen molar-refractivity contribution in [1.29, 1.82) is 0 Å². The first-order valence-corrected chi connectivity index (χ1v) is 5.22. The summed E-state index contributed by atoms with van der Waals surface area (Å²) in [7, 11) is 0.762. The van der Waals surface area contributed by atoms with E-state index in [2.05, 4.69) is 20.8 Å². The van der Waals surface area contributed by atoms with Gasteiger partial charge in [0, 0.05) is 0 Å². The topological polar surface area (TPSA) is 0 Å². The highest BCUT2D eigenvalue weighted by atomic mass is 32.2. The van der Waals surface area contributed by atoms with Gasteiger partial charge in [0.2, 0.25) is 0 Å². The summed E-state index contributed by atoms with van der Waals surface area (Å²) in [5, 5.41) is 0. The molecule has 50 valence electrons. The molecule has 0 N–H and O–H groups in total. The van der Waals surface area contributed by atoms with Gasteiger partial charge in [-0.3, -0.25) is 0 Å². The number of hydrogen-bond acceptors (Lipinski definition) is 0. The van der Waals surface area contributed by atoms with E-state index in [0.717, 1.165) is 10.9 Å². The predicted octanol–water partition coefficient (Wildman–Crippen LogP) is 2.05. The molecule has 0 saturated carbocycles. The van der Waals surface area contributed by atoms with E-state index >= 15 is 0 Å². The quantitative estimate of drug-likeness (QED) is 0.515. The van der Waals surface area contributed by atoms with Crippen molar-refractivity contribution >= 4 is 10.9 Å². The molecule has 0 saturated heterocycles. The fraction of sp³-hybridized carbons (Fsp3) is 1.00. The highest BCUT2D eigenvalue weighted by molar-refractivity contribution is 7.96. The summed E-state index contributed by atoms with van der Waals surface area (Å²) < 4.78 is 0. The van der Waals surface area contributed by atoms with Gasteiger partial charge in [0.05, 0.1) is 0 Å². The second kappa shape index (κ2) is 5.49. The number of rotatable bonds is 4. The van der Waals surface area contributed by atoms with Crippen LogP contribution < -0.4 is 0 Å². The predicted molar refractivity (Wildman–Crippen MR) is 43.6 cm³/mol. The Balaban J connectivity index is 3.07. The first-order chi connectivity index (χ1) is 3.85. The summed E-state index contributed by atoms with van der Waals surface area (Å²) in [5.41, 5.74) is 0. The molecule has 0 radical (unpaired) electrons. The van der Waals surface area contributed by atoms with Crippen molar-refractivity contribution in [1.82, 2.24) is 0 Å². The van der Waals surface area contributed by atoms with Crippen molar-refractivity contribution in [2.45, 2.75) is 27.2 Å². The monoisotopic (exact) mass is 133 g/mol. The molecule has 0 heterocycles. The molecule has 0 aromatic carbocycles. The van der Waals surface area contributed by atoms with E-state index in [1.54, 1.807) is 0 Å². The minimum absolute atomic E-state index is 0.762. The molecule has 0 aliphatic heterocycles. The molecule has 0 nitrogen and oxygen atoms in total. The van der Waals surface area contributed by atoms with Crippen molar-refractivity contribution < 1.29 is 0 Å². The third kappa shape index (κ3) is 3.36. The Morgan fingerprint density at radius 1 is 1.00 bits per heavy atom. The molecule has 0 aliphatic rings. The zero-order chi connectivity index (χ0) is 6.41. The van der Waals surface area contributed by atoms with Crippen LogP contribution in [0.2, 0.25) is 0 Å². The molecular formula is C7H17S+. The van der Waals surface area contributed by atoms with E-state index in [1.165, 1.54) is 23.7 Å². The molecule has 1 heteroatoms. The minimum Gasteiger partial charge on any atom is -0.0609 e. The number of hydrogen-bond donors (Lipinski definition) is 0. The third-order valence-corrected chi connectivity index (χ3v) is 3.93. The van der Waals surface area contributed by atoms with Crippen LogP contribution in [0.5, 0.6) is 0 Å². The maximum atomic E-state index is 2.29. The first kappa shape index (κ1) is 8.35. The van der Waals surface area contributed by atoms with Crippen molar-refractivity contribution in [2.75, 3.05) is 17.3 Å². The summed E-state index contributed by atoms with van der Waals surface area (Å²) in [6.45, 7) is 6.86. The summed E-state index contributed by atoms with van der Waals surface area (Å²) >= 11 is 0. The summed E-state index contributed by atoms with van der Waals surface area (Å²) in [5.74, 6) is 4.24. The van der Waals surface area contributed by atoms with Crippen LogP contribution in [0.3, 0.4) is 0 Å².